The molecule has 15 rings (SSSR count). The Morgan fingerprint density at radius 1 is 0.346 bits per heavy atom. The molecule has 4 nitrogen and oxygen atoms in total. The van der Waals surface area contributed by atoms with Crippen LogP contribution in [0.1, 0.15) is 74.6 Å². The highest BCUT2D eigenvalue weighted by Gasteiger charge is 2.30. The molecule has 4 heteroatoms. The summed E-state index contributed by atoms with van der Waals surface area (Å²) in [5.41, 5.74) is 5.31. The molecule has 374 valence electrons. The third-order valence-electron chi connectivity index (χ3n) is 15.3. The number of aromatic nitrogens is 2. The second-order valence-corrected chi connectivity index (χ2v) is 22.1. The molecule has 4 aromatic heterocycles. The maximum absolute atomic E-state index is 10.1. The first-order valence-corrected chi connectivity index (χ1v) is 26.1. The Bertz CT molecular complexity index is 5380. The summed E-state index contributed by atoms with van der Waals surface area (Å²) in [6, 6.07) is 38.6. The van der Waals surface area contributed by atoms with Gasteiger partial charge in [-0.05, 0) is 118 Å². The number of hydrogen-bond acceptors (Lipinski definition) is 2. The van der Waals surface area contributed by atoms with E-state index in [2.05, 4.69) is 20.9 Å². The van der Waals surface area contributed by atoms with Gasteiger partial charge in [0.05, 0.1) is 77.8 Å². The minimum absolute atomic E-state index is 0.00334. The predicted octanol–water partition coefficient (Wildman–Crippen LogP) is 20.9. The largest absolute Gasteiger partial charge is 0.309 e. The van der Waals surface area contributed by atoms with Gasteiger partial charge in [0.1, 0.15) is 0 Å². The number of hydrogen-bond donors (Lipinski definition) is 0. The molecule has 0 aliphatic rings. The molecule has 0 bridgehead atoms. The molecule has 0 aliphatic carbocycles. The lowest BCUT2D eigenvalue weighted by molar-refractivity contribution is 0.590. The number of nitrogens with zero attached hydrogens (tertiary/aromatic N) is 4. The van der Waals surface area contributed by atoms with Crippen LogP contribution in [0.15, 0.2) is 242 Å². The maximum atomic E-state index is 10.1. The van der Waals surface area contributed by atoms with E-state index in [4.69, 9.17) is 8.22 Å². The Kier molecular flexibility index (Phi) is 7.06. The fraction of sp³-hybridized carbons (Fsp3) is 0.108. The van der Waals surface area contributed by atoms with E-state index in [1.807, 2.05) is 151 Å². The van der Waals surface area contributed by atoms with Crippen molar-refractivity contribution in [3.05, 3.63) is 253 Å². The van der Waals surface area contributed by atoms with E-state index in [9.17, 15) is 13.7 Å². The van der Waals surface area contributed by atoms with Crippen molar-refractivity contribution in [3.8, 4) is 22.3 Å². The lowest BCUT2D eigenvalue weighted by Gasteiger charge is -2.30. The van der Waals surface area contributed by atoms with Crippen molar-refractivity contribution in [2.45, 2.75) is 52.4 Å². The summed E-state index contributed by atoms with van der Waals surface area (Å²) in [7, 11) is 0. The van der Waals surface area contributed by atoms with Gasteiger partial charge in [-0.1, -0.05) is 199 Å². The number of anilines is 6. The van der Waals surface area contributed by atoms with Crippen LogP contribution in [-0.4, -0.2) is 8.80 Å². The Morgan fingerprint density at radius 2 is 0.731 bits per heavy atom. The average Bonchev–Trinajstić information content (AvgIpc) is 1.48. The maximum Gasteiger partial charge on any atom is 0.0645 e. The van der Waals surface area contributed by atoms with Crippen LogP contribution < -0.4 is 9.80 Å². The summed E-state index contributed by atoms with van der Waals surface area (Å²) < 4.78 is 156. The van der Waals surface area contributed by atoms with Crippen molar-refractivity contribution >= 4 is 110 Å². The third kappa shape index (κ3) is 6.85. The van der Waals surface area contributed by atoms with Gasteiger partial charge in [-0.2, -0.15) is 0 Å². The van der Waals surface area contributed by atoms with E-state index in [1.54, 1.807) is 24.3 Å². The Morgan fingerprint density at radius 3 is 1.13 bits per heavy atom. The van der Waals surface area contributed by atoms with Crippen molar-refractivity contribution in [2.75, 3.05) is 9.80 Å². The van der Waals surface area contributed by atoms with Gasteiger partial charge in [0.15, 0.2) is 0 Å². The minimum Gasteiger partial charge on any atom is -0.309 e. The van der Waals surface area contributed by atoms with Gasteiger partial charge in [0, 0.05) is 65.6 Å². The molecule has 0 radical (unpaired) electrons. The molecule has 11 aromatic carbocycles. The van der Waals surface area contributed by atoms with Gasteiger partial charge < -0.3 is 18.6 Å². The van der Waals surface area contributed by atoms with Gasteiger partial charge in [0.25, 0.3) is 0 Å². The van der Waals surface area contributed by atoms with Gasteiger partial charge in [-0.3, -0.25) is 0 Å². The molecule has 0 atom stereocenters. The van der Waals surface area contributed by atoms with Gasteiger partial charge in [-0.15, -0.1) is 0 Å². The first-order valence-electron chi connectivity index (χ1n) is 34.1. The SMILES string of the molecule is [2H]c1c([2H])c([2H])c(N(c2c([2H])c([2H])c(C(C)(C)C)c([2H])c2-c2ccccc2)c2ccc3c4cc5c(cc4n4c6ccccc6c2c34)c2ccc(N(c3c([2H])c([2H])c([2H])c([2H])c3[2H])c3c([2H])c([2H])c(C(C)(C)C)c([2H])c3-c3ccccc3)c3c4ccccc4n5c23)c([2H])c1[2H]. The van der Waals surface area contributed by atoms with Gasteiger partial charge in [0.2, 0.25) is 0 Å². The van der Waals surface area contributed by atoms with Crippen LogP contribution in [0.2, 0.25) is 0 Å². The van der Waals surface area contributed by atoms with E-state index < -0.39 is 71.3 Å². The highest BCUT2D eigenvalue weighted by Crippen LogP contribution is 2.53. The Balaban J connectivity index is 1.07. The average molecular weight is 1020 g/mol. The molecule has 0 saturated heterocycles. The summed E-state index contributed by atoms with van der Waals surface area (Å²) >= 11 is 0. The number of para-hydroxylation sites is 4. The van der Waals surface area contributed by atoms with Crippen LogP contribution in [0.3, 0.4) is 0 Å². The summed E-state index contributed by atoms with van der Waals surface area (Å²) in [5, 5.41) is 5.92. The Labute approximate surface area is 477 Å². The molecule has 4 heterocycles. The van der Waals surface area contributed by atoms with E-state index in [0.717, 1.165) is 65.4 Å². The monoisotopic (exact) mass is 1020 g/mol. The molecule has 0 saturated carbocycles. The summed E-state index contributed by atoms with van der Waals surface area (Å²) in [4.78, 5) is 3.02. The van der Waals surface area contributed by atoms with Crippen molar-refractivity contribution < 1.29 is 21.9 Å². The van der Waals surface area contributed by atoms with Crippen molar-refractivity contribution in [1.82, 2.24) is 8.80 Å². The zero-order valence-electron chi connectivity index (χ0n) is 59.6. The smallest absolute Gasteiger partial charge is 0.0645 e. The fourth-order valence-electron chi connectivity index (χ4n) is 11.8. The van der Waals surface area contributed by atoms with E-state index in [-0.39, 0.29) is 70.1 Å². The molecule has 0 N–H and O–H groups in total. The second kappa shape index (κ2) is 17.1. The van der Waals surface area contributed by atoms with Crippen molar-refractivity contribution in [3.63, 3.8) is 0 Å². The van der Waals surface area contributed by atoms with E-state index >= 15 is 0 Å². The predicted molar refractivity (Wildman–Crippen MR) is 333 cm³/mol. The Hall–Kier alpha value is -9.38. The van der Waals surface area contributed by atoms with Gasteiger partial charge in [-0.25, -0.2) is 0 Å². The van der Waals surface area contributed by atoms with Crippen LogP contribution in [0.5, 0.6) is 0 Å². The molecule has 0 fully saturated rings. The molecule has 78 heavy (non-hydrogen) atoms. The number of fused-ring (bicyclic) bond motifs is 12. The van der Waals surface area contributed by atoms with Crippen LogP contribution in [0.25, 0.3) is 98.4 Å². The molecular weight excluding hydrogens is 945 g/mol. The van der Waals surface area contributed by atoms with Crippen molar-refractivity contribution in [2.24, 2.45) is 0 Å². The first-order chi connectivity index (χ1) is 44.7. The summed E-state index contributed by atoms with van der Waals surface area (Å²) in [6.07, 6.45) is 0. The summed E-state index contributed by atoms with van der Waals surface area (Å²) in [5.74, 6) is 0. The van der Waals surface area contributed by atoms with Crippen LogP contribution in [-0.2, 0) is 10.8 Å². The zero-order chi connectivity index (χ0) is 66.5. The molecule has 0 spiro atoms. The molecule has 15 aromatic rings. The zero-order valence-corrected chi connectivity index (χ0v) is 43.6. The molecular formula is C74H58N4. The molecule has 0 amide bonds. The highest BCUT2D eigenvalue weighted by atomic mass is 15.2. The van der Waals surface area contributed by atoms with Crippen LogP contribution >= 0.6 is 0 Å². The third-order valence-corrected chi connectivity index (χ3v) is 15.3. The lowest BCUT2D eigenvalue weighted by atomic mass is 9.84. The molecule has 0 unspecified atom stereocenters. The van der Waals surface area contributed by atoms with Crippen LogP contribution in [0, 0.1) is 0 Å². The topological polar surface area (TPSA) is 15.3 Å². The van der Waals surface area contributed by atoms with Crippen molar-refractivity contribution in [1.29, 1.82) is 0 Å². The van der Waals surface area contributed by atoms with E-state index in [0.29, 0.717) is 44.4 Å². The van der Waals surface area contributed by atoms with Crippen LogP contribution in [0.4, 0.5) is 34.1 Å². The highest BCUT2D eigenvalue weighted by molar-refractivity contribution is 6.32. The second-order valence-electron chi connectivity index (χ2n) is 22.1. The number of rotatable bonds is 8. The normalized spacial score (nSPS) is 15.4. The molecule has 0 aliphatic heterocycles. The first kappa shape index (κ1) is 32.3. The quantitative estimate of drug-likeness (QED) is 0.151. The van der Waals surface area contributed by atoms with E-state index in [1.165, 1.54) is 9.80 Å². The minimum atomic E-state index is -0.783. The number of benzene rings is 11. The van der Waals surface area contributed by atoms with Gasteiger partial charge >= 0.3 is 0 Å². The fourth-order valence-corrected chi connectivity index (χ4v) is 11.8. The standard InChI is InChI=1S/C74H58N4/c1-73(2,3)49-35-39-63(57(43-49)47-23-11-7-12-24-47)75(51-27-15-9-16-28-51)65-41-37-53-59-45-68-60(46-67(59)77-61-33-21-19-31-55(61)69(65)71(53)77)54-38-42-66(70-56-32-20-22-34-62(56)78(68)72(54)70)76(52-29-17-10-18-30-52)64-40-36-50(74(4,5)6)44-58(64)48-25-13-8-14-26-48/h7-46H,1-6H3/i9D,10D,15D,16D,17D,18D,27D,28D,29D,30D,35D,36D,39D,40D,43D,44D. The summed E-state index contributed by atoms with van der Waals surface area (Å²) in [6.45, 7) is 11.3. The lowest BCUT2D eigenvalue weighted by Crippen LogP contribution is -2.15.